The topological polar surface area (TPSA) is 39.7 Å². The summed E-state index contributed by atoms with van der Waals surface area (Å²) in [5, 5.41) is 3.47. The SMILES string of the molecule is CCOc1cc(CNC[C@@H]2CCCO2)ccc1OCc1ccc(C)cc1. The van der Waals surface area contributed by atoms with Gasteiger partial charge in [-0.1, -0.05) is 35.9 Å². The third-order valence-corrected chi connectivity index (χ3v) is 4.55. The maximum atomic E-state index is 5.99. The molecule has 0 aromatic heterocycles. The molecule has 0 saturated carbocycles. The molecule has 2 aromatic carbocycles. The van der Waals surface area contributed by atoms with Crippen molar-refractivity contribution in [2.45, 2.75) is 45.9 Å². The second-order valence-corrected chi connectivity index (χ2v) is 6.75. The van der Waals surface area contributed by atoms with Crippen LogP contribution in [0, 0.1) is 6.92 Å². The summed E-state index contributed by atoms with van der Waals surface area (Å²) in [5.74, 6) is 1.59. The predicted octanol–water partition coefficient (Wildman–Crippen LogP) is 4.24. The zero-order valence-electron chi connectivity index (χ0n) is 15.8. The van der Waals surface area contributed by atoms with E-state index < -0.39 is 0 Å². The van der Waals surface area contributed by atoms with E-state index in [-0.39, 0.29) is 0 Å². The summed E-state index contributed by atoms with van der Waals surface area (Å²) in [6, 6.07) is 14.6. The molecule has 0 radical (unpaired) electrons. The first kappa shape index (κ1) is 18.7. The first-order valence-corrected chi connectivity index (χ1v) is 9.51. The Hall–Kier alpha value is -2.04. The van der Waals surface area contributed by atoms with Crippen LogP contribution < -0.4 is 14.8 Å². The van der Waals surface area contributed by atoms with E-state index in [2.05, 4.69) is 48.6 Å². The summed E-state index contributed by atoms with van der Waals surface area (Å²) in [5.41, 5.74) is 3.60. The van der Waals surface area contributed by atoms with E-state index in [1.807, 2.05) is 13.0 Å². The van der Waals surface area contributed by atoms with E-state index in [0.29, 0.717) is 19.3 Å². The average Bonchev–Trinajstić information content (AvgIpc) is 3.16. The molecule has 140 valence electrons. The maximum absolute atomic E-state index is 5.99. The third kappa shape index (κ3) is 5.48. The summed E-state index contributed by atoms with van der Waals surface area (Å²) in [6.07, 6.45) is 2.69. The molecule has 1 N–H and O–H groups in total. The second-order valence-electron chi connectivity index (χ2n) is 6.75. The van der Waals surface area contributed by atoms with Gasteiger partial charge in [-0.05, 0) is 49.9 Å². The molecule has 1 heterocycles. The Morgan fingerprint density at radius 2 is 1.85 bits per heavy atom. The minimum Gasteiger partial charge on any atom is -0.490 e. The molecule has 1 fully saturated rings. The van der Waals surface area contributed by atoms with Crippen LogP contribution in [-0.2, 0) is 17.9 Å². The van der Waals surface area contributed by atoms with E-state index in [9.17, 15) is 0 Å². The fourth-order valence-corrected chi connectivity index (χ4v) is 3.08. The van der Waals surface area contributed by atoms with Crippen LogP contribution in [-0.4, -0.2) is 25.9 Å². The molecule has 3 rings (SSSR count). The zero-order valence-corrected chi connectivity index (χ0v) is 15.8. The van der Waals surface area contributed by atoms with Crippen LogP contribution in [0.4, 0.5) is 0 Å². The van der Waals surface area contributed by atoms with Crippen molar-refractivity contribution in [3.05, 3.63) is 59.2 Å². The van der Waals surface area contributed by atoms with Crippen molar-refractivity contribution in [1.82, 2.24) is 5.32 Å². The highest BCUT2D eigenvalue weighted by Crippen LogP contribution is 2.29. The largest absolute Gasteiger partial charge is 0.490 e. The number of hydrogen-bond acceptors (Lipinski definition) is 4. The van der Waals surface area contributed by atoms with Gasteiger partial charge in [-0.25, -0.2) is 0 Å². The van der Waals surface area contributed by atoms with Crippen LogP contribution in [0.25, 0.3) is 0 Å². The molecular weight excluding hydrogens is 326 g/mol. The van der Waals surface area contributed by atoms with Gasteiger partial charge >= 0.3 is 0 Å². The van der Waals surface area contributed by atoms with Gasteiger partial charge in [0, 0.05) is 19.7 Å². The molecule has 1 aliphatic heterocycles. The normalized spacial score (nSPS) is 16.6. The lowest BCUT2D eigenvalue weighted by molar-refractivity contribution is 0.110. The average molecular weight is 355 g/mol. The second kappa shape index (κ2) is 9.60. The van der Waals surface area contributed by atoms with E-state index in [1.165, 1.54) is 17.5 Å². The Balaban J connectivity index is 1.57. The molecule has 0 aliphatic carbocycles. The Morgan fingerprint density at radius 1 is 1.04 bits per heavy atom. The first-order chi connectivity index (χ1) is 12.7. The number of hydrogen-bond donors (Lipinski definition) is 1. The summed E-state index contributed by atoms with van der Waals surface area (Å²) in [6.45, 7) is 7.84. The summed E-state index contributed by atoms with van der Waals surface area (Å²) >= 11 is 0. The van der Waals surface area contributed by atoms with Crippen LogP contribution in [0.5, 0.6) is 11.5 Å². The molecule has 2 aromatic rings. The van der Waals surface area contributed by atoms with Gasteiger partial charge in [-0.2, -0.15) is 0 Å². The minimum atomic E-state index is 0.360. The Kier molecular flexibility index (Phi) is 6.92. The Labute approximate surface area is 156 Å². The maximum Gasteiger partial charge on any atom is 0.161 e. The van der Waals surface area contributed by atoms with Gasteiger partial charge in [0.15, 0.2) is 11.5 Å². The van der Waals surface area contributed by atoms with Gasteiger partial charge in [0.05, 0.1) is 12.7 Å². The number of aryl methyl sites for hydroxylation is 1. The minimum absolute atomic E-state index is 0.360. The standard InChI is InChI=1S/C22H29NO3/c1-3-24-22-13-19(14-23-15-20-5-4-12-25-20)10-11-21(22)26-16-18-8-6-17(2)7-9-18/h6-11,13,20,23H,3-5,12,14-16H2,1-2H3/t20-/m0/s1. The van der Waals surface area contributed by atoms with Crippen LogP contribution in [0.1, 0.15) is 36.5 Å². The molecule has 0 amide bonds. The van der Waals surface area contributed by atoms with Crippen molar-refractivity contribution in [3.8, 4) is 11.5 Å². The lowest BCUT2D eigenvalue weighted by atomic mass is 10.1. The number of rotatable bonds is 9. The van der Waals surface area contributed by atoms with Gasteiger partial charge in [-0.15, -0.1) is 0 Å². The summed E-state index contributed by atoms with van der Waals surface area (Å²) in [4.78, 5) is 0. The van der Waals surface area contributed by atoms with Crippen LogP contribution >= 0.6 is 0 Å². The molecule has 26 heavy (non-hydrogen) atoms. The van der Waals surface area contributed by atoms with Crippen molar-refractivity contribution in [2.75, 3.05) is 19.8 Å². The summed E-state index contributed by atoms with van der Waals surface area (Å²) < 4.78 is 17.4. The van der Waals surface area contributed by atoms with Crippen molar-refractivity contribution < 1.29 is 14.2 Å². The van der Waals surface area contributed by atoms with E-state index >= 15 is 0 Å². The molecule has 1 saturated heterocycles. The van der Waals surface area contributed by atoms with E-state index in [4.69, 9.17) is 14.2 Å². The number of nitrogens with one attached hydrogen (secondary N) is 1. The Morgan fingerprint density at radius 3 is 2.58 bits per heavy atom. The van der Waals surface area contributed by atoms with Gasteiger partial charge in [0.1, 0.15) is 6.61 Å². The molecular formula is C22H29NO3. The van der Waals surface area contributed by atoms with Crippen molar-refractivity contribution in [1.29, 1.82) is 0 Å². The van der Waals surface area contributed by atoms with Gasteiger partial charge in [-0.3, -0.25) is 0 Å². The van der Waals surface area contributed by atoms with Crippen LogP contribution in [0.15, 0.2) is 42.5 Å². The third-order valence-electron chi connectivity index (χ3n) is 4.55. The van der Waals surface area contributed by atoms with Crippen molar-refractivity contribution in [2.24, 2.45) is 0 Å². The monoisotopic (exact) mass is 355 g/mol. The van der Waals surface area contributed by atoms with Crippen molar-refractivity contribution in [3.63, 3.8) is 0 Å². The highest BCUT2D eigenvalue weighted by Gasteiger charge is 2.14. The van der Waals surface area contributed by atoms with Crippen molar-refractivity contribution >= 4 is 0 Å². The lowest BCUT2D eigenvalue weighted by Crippen LogP contribution is -2.25. The zero-order chi connectivity index (χ0) is 18.2. The highest BCUT2D eigenvalue weighted by molar-refractivity contribution is 5.43. The van der Waals surface area contributed by atoms with E-state index in [0.717, 1.165) is 43.2 Å². The van der Waals surface area contributed by atoms with Gasteiger partial charge < -0.3 is 19.5 Å². The van der Waals surface area contributed by atoms with Gasteiger partial charge in [0.25, 0.3) is 0 Å². The molecule has 0 unspecified atom stereocenters. The van der Waals surface area contributed by atoms with E-state index in [1.54, 1.807) is 0 Å². The molecule has 0 spiro atoms. The molecule has 4 nitrogen and oxygen atoms in total. The highest BCUT2D eigenvalue weighted by atomic mass is 16.5. The van der Waals surface area contributed by atoms with Gasteiger partial charge in [0.2, 0.25) is 0 Å². The molecule has 1 aliphatic rings. The molecule has 1 atom stereocenters. The number of ether oxygens (including phenoxy) is 3. The molecule has 4 heteroatoms. The van der Waals surface area contributed by atoms with Crippen LogP contribution in [0.2, 0.25) is 0 Å². The lowest BCUT2D eigenvalue weighted by Gasteiger charge is -2.15. The fourth-order valence-electron chi connectivity index (χ4n) is 3.08. The Bertz CT molecular complexity index is 678. The summed E-state index contributed by atoms with van der Waals surface area (Å²) in [7, 11) is 0. The van der Waals surface area contributed by atoms with Crippen LogP contribution in [0.3, 0.4) is 0 Å². The quantitative estimate of drug-likeness (QED) is 0.730. The predicted molar refractivity (Wildman–Crippen MR) is 104 cm³/mol. The molecule has 0 bridgehead atoms. The first-order valence-electron chi connectivity index (χ1n) is 9.51. The smallest absolute Gasteiger partial charge is 0.161 e. The fraction of sp³-hybridized carbons (Fsp3) is 0.455. The number of benzene rings is 2.